The highest BCUT2D eigenvalue weighted by molar-refractivity contribution is 5.66. The van der Waals surface area contributed by atoms with Gasteiger partial charge in [0.25, 0.3) is 0 Å². The van der Waals surface area contributed by atoms with Crippen LogP contribution in [0, 0.1) is 5.53 Å². The van der Waals surface area contributed by atoms with Gasteiger partial charge in [-0.25, -0.2) is 5.53 Å². The van der Waals surface area contributed by atoms with Crippen molar-refractivity contribution in [1.29, 1.82) is 5.53 Å². The van der Waals surface area contributed by atoms with E-state index in [2.05, 4.69) is 10.4 Å². The highest BCUT2D eigenvalue weighted by Crippen LogP contribution is 2.35. The predicted octanol–water partition coefficient (Wildman–Crippen LogP) is 3.80. The second-order valence-electron chi connectivity index (χ2n) is 2.87. The lowest BCUT2D eigenvalue weighted by Gasteiger charge is -2.10. The van der Waals surface area contributed by atoms with E-state index in [1.54, 1.807) is 0 Å². The monoisotopic (exact) mass is 217 g/mol. The Morgan fingerprint density at radius 3 is 2.53 bits per heavy atom. The van der Waals surface area contributed by atoms with Crippen molar-refractivity contribution in [2.24, 2.45) is 5.11 Å². The van der Waals surface area contributed by atoms with Crippen LogP contribution in [-0.4, -0.2) is 6.54 Å². The summed E-state index contributed by atoms with van der Waals surface area (Å²) in [5.41, 5.74) is 6.41. The van der Waals surface area contributed by atoms with Crippen LogP contribution in [-0.2, 0) is 6.18 Å². The van der Waals surface area contributed by atoms with E-state index in [-0.39, 0.29) is 5.69 Å². The zero-order valence-corrected chi connectivity index (χ0v) is 8.02. The van der Waals surface area contributed by atoms with E-state index in [0.29, 0.717) is 12.2 Å². The number of nitrogens with one attached hydrogen (secondary N) is 2. The fourth-order valence-electron chi connectivity index (χ4n) is 1.14. The molecule has 0 heterocycles. The van der Waals surface area contributed by atoms with Crippen LogP contribution < -0.4 is 5.32 Å². The van der Waals surface area contributed by atoms with Crippen LogP contribution in [0.1, 0.15) is 12.5 Å². The molecule has 1 aromatic carbocycles. The molecule has 0 aliphatic carbocycles. The van der Waals surface area contributed by atoms with Crippen LogP contribution in [0.5, 0.6) is 0 Å². The number of benzene rings is 1. The molecule has 0 aliphatic heterocycles. The summed E-state index contributed by atoms with van der Waals surface area (Å²) in [5.74, 6) is 0. The molecular weight excluding hydrogens is 207 g/mol. The average Bonchev–Trinajstić information content (AvgIpc) is 2.17. The number of rotatable bonds is 3. The maximum Gasteiger partial charge on any atom is 0.416 e. The van der Waals surface area contributed by atoms with Gasteiger partial charge in [-0.15, -0.1) is 0 Å². The van der Waals surface area contributed by atoms with Gasteiger partial charge >= 0.3 is 6.18 Å². The largest absolute Gasteiger partial charge is 0.416 e. The van der Waals surface area contributed by atoms with Gasteiger partial charge in [0.1, 0.15) is 5.69 Å². The highest BCUT2D eigenvalue weighted by Gasteiger charge is 2.30. The fourth-order valence-corrected chi connectivity index (χ4v) is 1.14. The van der Waals surface area contributed by atoms with Crippen LogP contribution in [0.25, 0.3) is 0 Å². The molecule has 0 saturated carbocycles. The van der Waals surface area contributed by atoms with Gasteiger partial charge in [0.15, 0.2) is 0 Å². The Labute approximate surface area is 84.8 Å². The number of alkyl halides is 3. The minimum absolute atomic E-state index is 0.00771. The molecule has 0 saturated heterocycles. The molecule has 0 atom stereocenters. The van der Waals surface area contributed by atoms with Crippen molar-refractivity contribution in [2.75, 3.05) is 11.9 Å². The first kappa shape index (κ1) is 11.5. The van der Waals surface area contributed by atoms with Gasteiger partial charge in [-0.3, -0.25) is 0 Å². The number of halogens is 3. The Morgan fingerprint density at radius 1 is 1.40 bits per heavy atom. The lowest BCUT2D eigenvalue weighted by Crippen LogP contribution is -2.05. The van der Waals surface area contributed by atoms with E-state index >= 15 is 0 Å². The normalized spacial score (nSPS) is 11.2. The standard InChI is InChI=1S/C9H10F3N3/c1-2-14-7-4-3-6(9(10,11)12)5-8(7)15-13/h3-5,13-14H,2H2,1H3. The molecule has 15 heavy (non-hydrogen) atoms. The van der Waals surface area contributed by atoms with Crippen molar-refractivity contribution in [1.82, 2.24) is 0 Å². The van der Waals surface area contributed by atoms with Crippen molar-refractivity contribution in [3.63, 3.8) is 0 Å². The van der Waals surface area contributed by atoms with Gasteiger partial charge < -0.3 is 5.32 Å². The van der Waals surface area contributed by atoms with Gasteiger partial charge in [-0.2, -0.15) is 18.3 Å². The summed E-state index contributed by atoms with van der Waals surface area (Å²) in [7, 11) is 0. The third kappa shape index (κ3) is 2.68. The maximum atomic E-state index is 12.3. The van der Waals surface area contributed by atoms with E-state index in [1.807, 2.05) is 6.92 Å². The average molecular weight is 217 g/mol. The number of anilines is 1. The zero-order valence-electron chi connectivity index (χ0n) is 8.02. The Bertz CT molecular complexity index is 360. The molecule has 1 aromatic rings. The SMILES string of the molecule is CCNc1ccc(C(F)(F)F)cc1N=N. The van der Waals surface area contributed by atoms with Crippen molar-refractivity contribution in [3.05, 3.63) is 23.8 Å². The number of hydrogen-bond acceptors (Lipinski definition) is 3. The minimum Gasteiger partial charge on any atom is -0.384 e. The Kier molecular flexibility index (Phi) is 3.28. The maximum absolute atomic E-state index is 12.3. The molecule has 0 aliphatic rings. The topological polar surface area (TPSA) is 48.2 Å². The second-order valence-corrected chi connectivity index (χ2v) is 2.87. The summed E-state index contributed by atoms with van der Waals surface area (Å²) >= 11 is 0. The number of nitrogens with zero attached hydrogens (tertiary/aromatic N) is 1. The summed E-state index contributed by atoms with van der Waals surface area (Å²) in [6, 6.07) is 3.09. The lowest BCUT2D eigenvalue weighted by molar-refractivity contribution is -0.137. The molecular formula is C9H10F3N3. The molecule has 3 nitrogen and oxygen atoms in total. The summed E-state index contributed by atoms with van der Waals surface area (Å²) in [5, 5.41) is 5.88. The molecule has 6 heteroatoms. The first-order valence-electron chi connectivity index (χ1n) is 4.31. The van der Waals surface area contributed by atoms with E-state index in [4.69, 9.17) is 5.53 Å². The third-order valence-electron chi connectivity index (χ3n) is 1.81. The van der Waals surface area contributed by atoms with Crippen molar-refractivity contribution >= 4 is 11.4 Å². The second kappa shape index (κ2) is 4.29. The van der Waals surface area contributed by atoms with Gasteiger partial charge in [-0.1, -0.05) is 0 Å². The van der Waals surface area contributed by atoms with Crippen molar-refractivity contribution in [2.45, 2.75) is 13.1 Å². The van der Waals surface area contributed by atoms with E-state index in [0.717, 1.165) is 12.1 Å². The first-order valence-corrected chi connectivity index (χ1v) is 4.31. The van der Waals surface area contributed by atoms with E-state index < -0.39 is 11.7 Å². The highest BCUT2D eigenvalue weighted by atomic mass is 19.4. The minimum atomic E-state index is -4.40. The van der Waals surface area contributed by atoms with Crippen LogP contribution in [0.15, 0.2) is 23.3 Å². The molecule has 0 aromatic heterocycles. The Morgan fingerprint density at radius 2 is 2.07 bits per heavy atom. The molecule has 0 fully saturated rings. The van der Waals surface area contributed by atoms with Crippen LogP contribution in [0.4, 0.5) is 24.5 Å². The quantitative estimate of drug-likeness (QED) is 0.743. The van der Waals surface area contributed by atoms with Crippen LogP contribution >= 0.6 is 0 Å². The molecule has 0 unspecified atom stereocenters. The number of hydrogen-bond donors (Lipinski definition) is 2. The fraction of sp³-hybridized carbons (Fsp3) is 0.333. The van der Waals surface area contributed by atoms with E-state index in [1.165, 1.54) is 6.07 Å². The Hall–Kier alpha value is -1.59. The van der Waals surface area contributed by atoms with Gasteiger partial charge in [0.05, 0.1) is 11.3 Å². The summed E-state index contributed by atoms with van der Waals surface area (Å²) in [6.45, 7) is 2.37. The lowest BCUT2D eigenvalue weighted by atomic mass is 10.1. The Balaban J connectivity index is 3.13. The van der Waals surface area contributed by atoms with Crippen molar-refractivity contribution in [3.8, 4) is 0 Å². The molecule has 0 amide bonds. The summed E-state index contributed by atoms with van der Waals surface area (Å²) < 4.78 is 36.9. The molecule has 0 bridgehead atoms. The van der Waals surface area contributed by atoms with Gasteiger partial charge in [-0.05, 0) is 25.1 Å². The molecule has 82 valence electrons. The smallest absolute Gasteiger partial charge is 0.384 e. The molecule has 0 spiro atoms. The molecule has 0 radical (unpaired) electrons. The molecule has 1 rings (SSSR count). The summed E-state index contributed by atoms with van der Waals surface area (Å²) in [6.07, 6.45) is -4.40. The van der Waals surface area contributed by atoms with Crippen LogP contribution in [0.3, 0.4) is 0 Å². The predicted molar refractivity (Wildman–Crippen MR) is 50.4 cm³/mol. The zero-order chi connectivity index (χ0) is 11.5. The molecule has 2 N–H and O–H groups in total. The van der Waals surface area contributed by atoms with Crippen molar-refractivity contribution < 1.29 is 13.2 Å². The van der Waals surface area contributed by atoms with Gasteiger partial charge in [0.2, 0.25) is 0 Å². The van der Waals surface area contributed by atoms with E-state index in [9.17, 15) is 13.2 Å². The van der Waals surface area contributed by atoms with Crippen LogP contribution in [0.2, 0.25) is 0 Å². The summed E-state index contributed by atoms with van der Waals surface area (Å²) in [4.78, 5) is 0. The van der Waals surface area contributed by atoms with Gasteiger partial charge in [0, 0.05) is 6.54 Å². The first-order chi connectivity index (χ1) is 6.99. The third-order valence-corrected chi connectivity index (χ3v) is 1.81.